The van der Waals surface area contributed by atoms with Crippen LogP contribution in [0.5, 0.6) is 0 Å². The van der Waals surface area contributed by atoms with Gasteiger partial charge in [0.1, 0.15) is 0 Å². The first-order valence-electron chi connectivity index (χ1n) is 5.08. The minimum atomic E-state index is 0.202. The minimum absolute atomic E-state index is 0.202. The fourth-order valence-corrected chi connectivity index (χ4v) is 1.96. The highest BCUT2D eigenvalue weighted by Crippen LogP contribution is 2.21. The fourth-order valence-electron chi connectivity index (χ4n) is 1.60. The summed E-state index contributed by atoms with van der Waals surface area (Å²) in [4.78, 5) is 0. The summed E-state index contributed by atoms with van der Waals surface area (Å²) < 4.78 is 1.07. The number of aromatic amines is 1. The van der Waals surface area contributed by atoms with Gasteiger partial charge in [-0.3, -0.25) is 5.10 Å². The van der Waals surface area contributed by atoms with E-state index in [-0.39, 0.29) is 6.04 Å². The summed E-state index contributed by atoms with van der Waals surface area (Å²) >= 11 is 3.46. The van der Waals surface area contributed by atoms with E-state index < -0.39 is 0 Å². The molecule has 0 fully saturated rings. The summed E-state index contributed by atoms with van der Waals surface area (Å²) in [5.41, 5.74) is 8.06. The van der Waals surface area contributed by atoms with E-state index in [0.29, 0.717) is 0 Å². The van der Waals surface area contributed by atoms with Gasteiger partial charge < -0.3 is 5.73 Å². The van der Waals surface area contributed by atoms with Gasteiger partial charge >= 0.3 is 0 Å². The summed E-state index contributed by atoms with van der Waals surface area (Å²) in [5, 5.41) is 8.46. The average Bonchev–Trinajstić information content (AvgIpc) is 2.61. The Morgan fingerprint density at radius 1 is 1.53 bits per heavy atom. The van der Waals surface area contributed by atoms with Crippen LogP contribution in [0.3, 0.4) is 0 Å². The standard InChI is InChI=1S/C11H14BrN3/c1-2-8(13)6-11-9-5-7(12)3-4-10(9)14-15-11/h3-5,8H,2,6,13H2,1H3,(H,14,15). The van der Waals surface area contributed by atoms with Crippen LogP contribution >= 0.6 is 15.9 Å². The van der Waals surface area contributed by atoms with E-state index in [1.807, 2.05) is 12.1 Å². The minimum Gasteiger partial charge on any atom is -0.327 e. The van der Waals surface area contributed by atoms with Crippen LogP contribution in [0.25, 0.3) is 10.9 Å². The maximum Gasteiger partial charge on any atom is 0.0924 e. The molecule has 1 unspecified atom stereocenters. The Morgan fingerprint density at radius 2 is 2.33 bits per heavy atom. The van der Waals surface area contributed by atoms with Gasteiger partial charge in [0.2, 0.25) is 0 Å². The molecule has 15 heavy (non-hydrogen) atoms. The molecular formula is C11H14BrN3. The third kappa shape index (κ3) is 2.21. The lowest BCUT2D eigenvalue weighted by Crippen LogP contribution is -2.21. The number of aromatic nitrogens is 2. The zero-order chi connectivity index (χ0) is 10.8. The molecule has 2 aromatic rings. The number of benzene rings is 1. The lowest BCUT2D eigenvalue weighted by Gasteiger charge is -2.06. The number of hydrogen-bond donors (Lipinski definition) is 2. The van der Waals surface area contributed by atoms with Crippen molar-refractivity contribution in [3.63, 3.8) is 0 Å². The average molecular weight is 268 g/mol. The number of fused-ring (bicyclic) bond motifs is 1. The summed E-state index contributed by atoms with van der Waals surface area (Å²) in [5.74, 6) is 0. The van der Waals surface area contributed by atoms with E-state index in [9.17, 15) is 0 Å². The van der Waals surface area contributed by atoms with Crippen molar-refractivity contribution in [2.75, 3.05) is 0 Å². The van der Waals surface area contributed by atoms with Crippen LogP contribution in [-0.2, 0) is 6.42 Å². The molecule has 3 N–H and O–H groups in total. The summed E-state index contributed by atoms with van der Waals surface area (Å²) in [6.45, 7) is 2.10. The van der Waals surface area contributed by atoms with Crippen LogP contribution in [0, 0.1) is 0 Å². The molecule has 4 heteroatoms. The van der Waals surface area contributed by atoms with Crippen molar-refractivity contribution in [3.8, 4) is 0 Å². The lowest BCUT2D eigenvalue weighted by atomic mass is 10.1. The number of H-pyrrole nitrogens is 1. The second kappa shape index (κ2) is 4.33. The molecule has 0 aliphatic rings. The predicted octanol–water partition coefficient (Wildman–Crippen LogP) is 2.61. The van der Waals surface area contributed by atoms with Crippen molar-refractivity contribution >= 4 is 26.8 Å². The van der Waals surface area contributed by atoms with Crippen LogP contribution < -0.4 is 5.73 Å². The Kier molecular flexibility index (Phi) is 3.07. The van der Waals surface area contributed by atoms with E-state index in [2.05, 4.69) is 39.1 Å². The number of nitrogens with zero attached hydrogens (tertiary/aromatic N) is 1. The van der Waals surface area contributed by atoms with Gasteiger partial charge in [-0.2, -0.15) is 5.10 Å². The fraction of sp³-hybridized carbons (Fsp3) is 0.364. The molecule has 0 saturated heterocycles. The number of hydrogen-bond acceptors (Lipinski definition) is 2. The van der Waals surface area contributed by atoms with Gasteiger partial charge in [0, 0.05) is 28.0 Å². The molecule has 0 aliphatic carbocycles. The third-order valence-corrected chi connectivity index (χ3v) is 3.08. The van der Waals surface area contributed by atoms with Gasteiger partial charge in [0.15, 0.2) is 0 Å². The SMILES string of the molecule is CCC(N)Cc1[nH]nc2ccc(Br)cc12. The monoisotopic (exact) mass is 267 g/mol. The molecule has 0 aliphatic heterocycles. The van der Waals surface area contributed by atoms with Crippen molar-refractivity contribution < 1.29 is 0 Å². The number of nitrogens with one attached hydrogen (secondary N) is 1. The summed E-state index contributed by atoms with van der Waals surface area (Å²) in [6, 6.07) is 6.27. The molecule has 1 aromatic carbocycles. The van der Waals surface area contributed by atoms with E-state index in [1.54, 1.807) is 0 Å². The molecule has 1 heterocycles. The Morgan fingerprint density at radius 3 is 3.07 bits per heavy atom. The molecule has 3 nitrogen and oxygen atoms in total. The molecule has 0 radical (unpaired) electrons. The number of rotatable bonds is 3. The predicted molar refractivity (Wildman–Crippen MR) is 65.8 cm³/mol. The first-order chi connectivity index (χ1) is 7.20. The van der Waals surface area contributed by atoms with Crippen molar-refractivity contribution in [2.45, 2.75) is 25.8 Å². The van der Waals surface area contributed by atoms with Crippen LogP contribution in [-0.4, -0.2) is 16.2 Å². The molecule has 0 saturated carbocycles. The van der Waals surface area contributed by atoms with Crippen molar-refractivity contribution in [1.29, 1.82) is 0 Å². The van der Waals surface area contributed by atoms with Gasteiger partial charge in [-0.25, -0.2) is 0 Å². The first-order valence-corrected chi connectivity index (χ1v) is 5.88. The van der Waals surface area contributed by atoms with Crippen LogP contribution in [0.4, 0.5) is 0 Å². The topological polar surface area (TPSA) is 54.7 Å². The lowest BCUT2D eigenvalue weighted by molar-refractivity contribution is 0.637. The van der Waals surface area contributed by atoms with Gasteiger partial charge in [0.25, 0.3) is 0 Å². The summed E-state index contributed by atoms with van der Waals surface area (Å²) in [7, 11) is 0. The summed E-state index contributed by atoms with van der Waals surface area (Å²) in [6.07, 6.45) is 1.83. The molecule has 0 amide bonds. The highest BCUT2D eigenvalue weighted by molar-refractivity contribution is 9.10. The highest BCUT2D eigenvalue weighted by atomic mass is 79.9. The molecule has 0 spiro atoms. The Bertz CT molecular complexity index is 464. The van der Waals surface area contributed by atoms with Gasteiger partial charge in [-0.1, -0.05) is 22.9 Å². The van der Waals surface area contributed by atoms with Crippen molar-refractivity contribution in [2.24, 2.45) is 5.73 Å². The maximum atomic E-state index is 5.93. The van der Waals surface area contributed by atoms with E-state index in [0.717, 1.165) is 33.9 Å². The number of nitrogens with two attached hydrogens (primary N) is 1. The second-order valence-corrected chi connectivity index (χ2v) is 4.65. The molecular weight excluding hydrogens is 254 g/mol. The van der Waals surface area contributed by atoms with Crippen LogP contribution in [0.2, 0.25) is 0 Å². The van der Waals surface area contributed by atoms with E-state index >= 15 is 0 Å². The Balaban J connectivity index is 2.39. The van der Waals surface area contributed by atoms with Crippen molar-refractivity contribution in [3.05, 3.63) is 28.4 Å². The van der Waals surface area contributed by atoms with Crippen LogP contribution in [0.15, 0.2) is 22.7 Å². The zero-order valence-electron chi connectivity index (χ0n) is 8.63. The Hall–Kier alpha value is -0.870. The zero-order valence-corrected chi connectivity index (χ0v) is 10.2. The van der Waals surface area contributed by atoms with Crippen LogP contribution in [0.1, 0.15) is 19.0 Å². The molecule has 0 bridgehead atoms. The molecule has 80 valence electrons. The molecule has 1 atom stereocenters. The van der Waals surface area contributed by atoms with Gasteiger partial charge in [-0.15, -0.1) is 0 Å². The normalized spacial score (nSPS) is 13.3. The van der Waals surface area contributed by atoms with Gasteiger partial charge in [0.05, 0.1) is 5.52 Å². The first kappa shape index (κ1) is 10.6. The highest BCUT2D eigenvalue weighted by Gasteiger charge is 2.08. The molecule has 2 rings (SSSR count). The quantitative estimate of drug-likeness (QED) is 0.899. The maximum absolute atomic E-state index is 5.93. The second-order valence-electron chi connectivity index (χ2n) is 3.74. The smallest absolute Gasteiger partial charge is 0.0924 e. The third-order valence-electron chi connectivity index (χ3n) is 2.59. The van der Waals surface area contributed by atoms with E-state index in [4.69, 9.17) is 5.73 Å². The largest absolute Gasteiger partial charge is 0.327 e. The van der Waals surface area contributed by atoms with Gasteiger partial charge in [-0.05, 0) is 24.6 Å². The molecule has 1 aromatic heterocycles. The van der Waals surface area contributed by atoms with E-state index in [1.165, 1.54) is 0 Å². The number of halogens is 1. The Labute approximate surface area is 97.2 Å². The van der Waals surface area contributed by atoms with Crippen molar-refractivity contribution in [1.82, 2.24) is 10.2 Å².